The Bertz CT molecular complexity index is 1850. The van der Waals surface area contributed by atoms with Gasteiger partial charge in [-0.3, -0.25) is 19.2 Å². The van der Waals surface area contributed by atoms with Crippen LogP contribution in [0.1, 0.15) is 126 Å². The Labute approximate surface area is 416 Å². The molecule has 0 radical (unpaired) electrons. The SMILES string of the molecule is CO[C@@H]1C[C@H](C[C@@H](C)[C@@H]2CC(=O)[C@H](C)C=C(C)[C@@H](O)[C@@H](OC)C(=O)[C@H](C)C[C@H](C)C=CC=CC=C(C)[C@H](OCCOCCO)C[C@@H]3CC[C@@H](C)[C@@](O)(O3)C(=O)C(=O)N3CCCC[C@H]3C(=O)O2)CC[C@H]1O. The third kappa shape index (κ3) is 16.5. The van der Waals surface area contributed by atoms with Gasteiger partial charge in [0.25, 0.3) is 11.7 Å². The summed E-state index contributed by atoms with van der Waals surface area (Å²) in [6, 6.07) is -1.17. The molecule has 2 bridgehead atoms. The summed E-state index contributed by atoms with van der Waals surface area (Å²) in [6.07, 6.45) is 10.5. The maximum atomic E-state index is 14.5. The van der Waals surface area contributed by atoms with Gasteiger partial charge in [0, 0.05) is 51.4 Å². The zero-order valence-electron chi connectivity index (χ0n) is 43.3. The van der Waals surface area contributed by atoms with Crippen LogP contribution in [0, 0.1) is 35.5 Å². The lowest BCUT2D eigenvalue weighted by atomic mass is 9.78. The number of Topliss-reactive ketones (excluding diaryl/α,β-unsaturated/α-hetero) is 3. The highest BCUT2D eigenvalue weighted by molar-refractivity contribution is 6.39. The van der Waals surface area contributed by atoms with Gasteiger partial charge in [0.15, 0.2) is 5.78 Å². The largest absolute Gasteiger partial charge is 0.460 e. The van der Waals surface area contributed by atoms with Gasteiger partial charge >= 0.3 is 5.97 Å². The van der Waals surface area contributed by atoms with Crippen molar-refractivity contribution in [1.82, 2.24) is 4.90 Å². The number of carbonyl (C=O) groups excluding carboxylic acids is 5. The molecule has 1 saturated carbocycles. The van der Waals surface area contributed by atoms with Gasteiger partial charge in [0.2, 0.25) is 5.79 Å². The van der Waals surface area contributed by atoms with E-state index in [0.717, 1.165) is 5.57 Å². The van der Waals surface area contributed by atoms with Crippen LogP contribution in [0.5, 0.6) is 0 Å². The van der Waals surface area contributed by atoms with E-state index in [1.54, 1.807) is 40.9 Å². The number of cyclic esters (lactones) is 1. The molecule has 4 N–H and O–H groups in total. The number of ether oxygens (including phenoxy) is 6. The zero-order chi connectivity index (χ0) is 51.7. The number of ketones is 3. The molecule has 70 heavy (non-hydrogen) atoms. The van der Waals surface area contributed by atoms with Crippen LogP contribution in [-0.4, -0.2) is 156 Å². The second-order valence-electron chi connectivity index (χ2n) is 20.6. The fourth-order valence-electron chi connectivity index (χ4n) is 10.4. The fraction of sp³-hybridized carbons (Fsp3) is 0.759. The van der Waals surface area contributed by atoms with Gasteiger partial charge in [-0.1, -0.05) is 71.1 Å². The van der Waals surface area contributed by atoms with Crippen LogP contribution < -0.4 is 0 Å². The van der Waals surface area contributed by atoms with Crippen molar-refractivity contribution >= 4 is 29.2 Å². The summed E-state index contributed by atoms with van der Waals surface area (Å²) in [6.45, 7) is 13.1. The van der Waals surface area contributed by atoms with Crippen molar-refractivity contribution in [3.05, 3.63) is 47.6 Å². The van der Waals surface area contributed by atoms with E-state index < -0.39 is 83.9 Å². The molecule has 0 spiro atoms. The highest BCUT2D eigenvalue weighted by Gasteiger charge is 2.53. The molecule has 3 fully saturated rings. The first-order valence-corrected chi connectivity index (χ1v) is 25.7. The average Bonchev–Trinajstić information content (AvgIpc) is 3.33. The van der Waals surface area contributed by atoms with Gasteiger partial charge in [0.05, 0.1) is 50.8 Å². The monoisotopic (exact) mass is 988 g/mol. The van der Waals surface area contributed by atoms with E-state index in [9.17, 15) is 44.4 Å². The molecule has 3 aliphatic heterocycles. The van der Waals surface area contributed by atoms with Crippen molar-refractivity contribution in [2.45, 2.75) is 180 Å². The number of aliphatic hydroxyl groups is 4. The number of rotatable bonds is 11. The van der Waals surface area contributed by atoms with Crippen molar-refractivity contribution in [1.29, 1.82) is 0 Å². The Balaban J connectivity index is 1.71. The van der Waals surface area contributed by atoms with E-state index in [1.165, 1.54) is 12.0 Å². The van der Waals surface area contributed by atoms with Crippen molar-refractivity contribution in [2.24, 2.45) is 35.5 Å². The van der Waals surface area contributed by atoms with Gasteiger partial charge in [-0.25, -0.2) is 4.79 Å². The molecule has 16 nitrogen and oxygen atoms in total. The summed E-state index contributed by atoms with van der Waals surface area (Å²) >= 11 is 0. The minimum Gasteiger partial charge on any atom is -0.460 e. The van der Waals surface area contributed by atoms with E-state index in [1.807, 2.05) is 51.2 Å². The first-order chi connectivity index (χ1) is 33.2. The molecule has 0 aromatic rings. The summed E-state index contributed by atoms with van der Waals surface area (Å²) < 4.78 is 35.3. The molecule has 4 aliphatic rings. The van der Waals surface area contributed by atoms with Crippen LogP contribution in [0.4, 0.5) is 0 Å². The standard InChI is InChI=1S/C54H85NO15/c1-33-15-11-10-12-16-34(2)45(68-26-25-67-24-23-56)31-41-20-18-39(7)54(64,70-41)51(61)52(62)55-22-14-13-17-42(55)53(63)69-46(36(4)29-40-19-21-43(57)47(30-40)65-8)32-44(58)35(3)28-38(6)49(60)50(66-9)48(59)37(5)27-33/h10-12,15-16,28,33,35-37,39-43,45-47,49-50,56-57,60,64H,13-14,17-27,29-32H2,1-9H3/t33-,35-,36-,37-,39-,40+,41+,42+,43-,45-,46+,47-,49-,50+,54-/m1/s1. The van der Waals surface area contributed by atoms with E-state index in [-0.39, 0.29) is 87.7 Å². The van der Waals surface area contributed by atoms with E-state index >= 15 is 0 Å². The van der Waals surface area contributed by atoms with Crippen molar-refractivity contribution in [3.63, 3.8) is 0 Å². The Kier molecular flexibility index (Phi) is 24.2. The normalized spacial score (nSPS) is 36.0. The maximum Gasteiger partial charge on any atom is 0.329 e. The van der Waals surface area contributed by atoms with Gasteiger partial charge < -0.3 is 53.7 Å². The predicted molar refractivity (Wildman–Crippen MR) is 262 cm³/mol. The quantitative estimate of drug-likeness (QED) is 0.0861. The molecule has 3 heterocycles. The summed E-state index contributed by atoms with van der Waals surface area (Å²) in [5.74, 6) is -8.28. The second-order valence-corrected chi connectivity index (χ2v) is 20.6. The van der Waals surface area contributed by atoms with Crippen molar-refractivity contribution < 1.29 is 72.8 Å². The van der Waals surface area contributed by atoms with Crippen molar-refractivity contribution in [2.75, 3.05) is 47.2 Å². The number of esters is 1. The van der Waals surface area contributed by atoms with Gasteiger partial charge in [-0.05, 0) is 107 Å². The smallest absolute Gasteiger partial charge is 0.329 e. The zero-order valence-corrected chi connectivity index (χ0v) is 43.3. The van der Waals surface area contributed by atoms with Crippen molar-refractivity contribution in [3.8, 4) is 0 Å². The lowest BCUT2D eigenvalue weighted by Crippen LogP contribution is -2.61. The maximum absolute atomic E-state index is 14.5. The number of piperidine rings is 1. The third-order valence-corrected chi connectivity index (χ3v) is 15.0. The first-order valence-electron chi connectivity index (χ1n) is 25.7. The molecule has 15 atom stereocenters. The molecular weight excluding hydrogens is 903 g/mol. The Hall–Kier alpha value is -3.45. The molecule has 4 rings (SSSR count). The topological polar surface area (TPSA) is 225 Å². The third-order valence-electron chi connectivity index (χ3n) is 15.0. The Morgan fingerprint density at radius 2 is 1.60 bits per heavy atom. The molecule has 0 aromatic heterocycles. The molecule has 16 heteroatoms. The lowest BCUT2D eigenvalue weighted by Gasteiger charge is -2.43. The van der Waals surface area contributed by atoms with Crippen LogP contribution in [0.25, 0.3) is 0 Å². The van der Waals surface area contributed by atoms with Crippen LogP contribution in [-0.2, 0) is 52.4 Å². The summed E-state index contributed by atoms with van der Waals surface area (Å²) in [5.41, 5.74) is 1.19. The Morgan fingerprint density at radius 3 is 2.30 bits per heavy atom. The van der Waals surface area contributed by atoms with Crippen LogP contribution in [0.2, 0.25) is 0 Å². The number of allylic oxidation sites excluding steroid dienone is 6. The van der Waals surface area contributed by atoms with Crippen LogP contribution >= 0.6 is 0 Å². The number of amides is 1. The van der Waals surface area contributed by atoms with E-state index in [0.29, 0.717) is 63.4 Å². The molecule has 1 amide bonds. The molecule has 1 aliphatic carbocycles. The minimum atomic E-state index is -2.49. The molecule has 0 unspecified atom stereocenters. The van der Waals surface area contributed by atoms with Crippen LogP contribution in [0.3, 0.4) is 0 Å². The lowest BCUT2D eigenvalue weighted by molar-refractivity contribution is -0.266. The number of methoxy groups -OCH3 is 2. The van der Waals surface area contributed by atoms with Crippen LogP contribution in [0.15, 0.2) is 47.6 Å². The molecule has 396 valence electrons. The highest BCUT2D eigenvalue weighted by Crippen LogP contribution is 2.38. The number of nitrogens with zero attached hydrogens (tertiary/aromatic N) is 1. The summed E-state index contributed by atoms with van der Waals surface area (Å²) in [4.78, 5) is 72.3. The molecule has 0 aromatic carbocycles. The number of carbonyl (C=O) groups is 5. The van der Waals surface area contributed by atoms with Gasteiger partial charge in [-0.2, -0.15) is 0 Å². The predicted octanol–water partition coefficient (Wildman–Crippen LogP) is 5.56. The number of hydrogen-bond donors (Lipinski definition) is 4. The fourth-order valence-corrected chi connectivity index (χ4v) is 10.4. The summed E-state index contributed by atoms with van der Waals surface area (Å²) in [7, 11) is 2.93. The number of fused-ring (bicyclic) bond motifs is 3. The van der Waals surface area contributed by atoms with E-state index in [4.69, 9.17) is 28.4 Å². The Morgan fingerprint density at radius 1 is 0.857 bits per heavy atom. The molecule has 2 saturated heterocycles. The van der Waals surface area contributed by atoms with E-state index in [2.05, 4.69) is 0 Å². The average molecular weight is 988 g/mol. The highest BCUT2D eigenvalue weighted by atomic mass is 16.6. The summed E-state index contributed by atoms with van der Waals surface area (Å²) in [5, 5.41) is 43.3. The minimum absolute atomic E-state index is 0.0147. The molecular formula is C54H85NO15. The second kappa shape index (κ2) is 28.7. The number of hydrogen-bond acceptors (Lipinski definition) is 15. The number of aliphatic hydroxyl groups excluding tert-OH is 3. The van der Waals surface area contributed by atoms with Gasteiger partial charge in [-0.15, -0.1) is 0 Å². The van der Waals surface area contributed by atoms with Gasteiger partial charge in [0.1, 0.15) is 30.1 Å². The first kappa shape index (κ1) is 59.1.